The van der Waals surface area contributed by atoms with E-state index in [1.165, 1.54) is 31.5 Å². The minimum absolute atomic E-state index is 0.0151. The second-order valence-electron chi connectivity index (χ2n) is 7.30. The number of hydrogen-bond acceptors (Lipinski definition) is 9. The number of methoxy groups -OCH3 is 1. The van der Waals surface area contributed by atoms with Crippen LogP contribution in [-0.2, 0) is 24.3 Å². The monoisotopic (exact) mass is 460 g/mol. The molecule has 0 bridgehead atoms. The molecular weight excluding hydrogens is 440 g/mol. The number of nitrogens with zero attached hydrogens (tertiary/aromatic N) is 3. The number of rotatable bonds is 6. The van der Waals surface area contributed by atoms with Gasteiger partial charge in [0.15, 0.2) is 11.2 Å². The van der Waals surface area contributed by atoms with E-state index in [0.29, 0.717) is 19.4 Å². The fraction of sp³-hybridized carbons (Fsp3) is 0.300. The molecule has 1 atom stereocenters. The standard InChI is InChI=1S/C20H20N4O7S/c1-30-19(25)20(9-5-11-31-13-20)22-17-15-8-10-23(18(15)21-12-16(17)24(26)27)32(28,29)14-6-3-2-4-7-14/h2-4,6-8,10,12H,5,9,11,13H2,1H3,(H,21,22). The smallest absolute Gasteiger partial charge is 0.333 e. The number of hydrogen-bond donors (Lipinski definition) is 1. The topological polar surface area (TPSA) is 143 Å². The Kier molecular flexibility index (Phi) is 5.57. The van der Waals surface area contributed by atoms with Crippen LogP contribution >= 0.6 is 0 Å². The van der Waals surface area contributed by atoms with E-state index in [1.54, 1.807) is 18.2 Å². The number of pyridine rings is 1. The fourth-order valence-electron chi connectivity index (χ4n) is 3.76. The first-order chi connectivity index (χ1) is 15.3. The van der Waals surface area contributed by atoms with E-state index < -0.39 is 32.1 Å². The summed E-state index contributed by atoms with van der Waals surface area (Å²) in [4.78, 5) is 27.8. The zero-order chi connectivity index (χ0) is 22.9. The van der Waals surface area contributed by atoms with Crippen LogP contribution in [0, 0.1) is 10.1 Å². The fourth-order valence-corrected chi connectivity index (χ4v) is 5.08. The van der Waals surface area contributed by atoms with E-state index in [1.807, 2.05) is 0 Å². The van der Waals surface area contributed by atoms with E-state index in [4.69, 9.17) is 9.47 Å². The number of esters is 1. The van der Waals surface area contributed by atoms with Gasteiger partial charge in [-0.3, -0.25) is 10.1 Å². The Bertz CT molecular complexity index is 1280. The normalized spacial score (nSPS) is 18.9. The van der Waals surface area contributed by atoms with Gasteiger partial charge in [0, 0.05) is 12.8 Å². The lowest BCUT2D eigenvalue weighted by molar-refractivity contribution is -0.384. The van der Waals surface area contributed by atoms with Crippen LogP contribution in [0.25, 0.3) is 11.0 Å². The van der Waals surface area contributed by atoms with Crippen molar-refractivity contribution in [2.24, 2.45) is 0 Å². The molecular formula is C20H20N4O7S. The van der Waals surface area contributed by atoms with Gasteiger partial charge in [0.05, 0.1) is 28.9 Å². The van der Waals surface area contributed by atoms with Gasteiger partial charge in [0.2, 0.25) is 0 Å². The van der Waals surface area contributed by atoms with Crippen LogP contribution in [0.3, 0.4) is 0 Å². The highest BCUT2D eigenvalue weighted by Crippen LogP contribution is 2.37. The third-order valence-electron chi connectivity index (χ3n) is 5.34. The molecule has 1 aliphatic heterocycles. The Labute approximate surface area is 183 Å². The number of carbonyl (C=O) groups is 1. The first-order valence-corrected chi connectivity index (χ1v) is 11.1. The summed E-state index contributed by atoms with van der Waals surface area (Å²) in [6.07, 6.45) is 3.10. The van der Waals surface area contributed by atoms with Crippen molar-refractivity contribution in [2.45, 2.75) is 23.3 Å². The van der Waals surface area contributed by atoms with Gasteiger partial charge in [0.1, 0.15) is 11.9 Å². The summed E-state index contributed by atoms with van der Waals surface area (Å²) >= 11 is 0. The molecule has 1 N–H and O–H groups in total. The summed E-state index contributed by atoms with van der Waals surface area (Å²) in [5.74, 6) is -0.632. The highest BCUT2D eigenvalue weighted by Gasteiger charge is 2.43. The number of aromatic nitrogens is 2. The highest BCUT2D eigenvalue weighted by atomic mass is 32.2. The van der Waals surface area contributed by atoms with Gasteiger partial charge in [-0.25, -0.2) is 22.2 Å². The molecule has 1 saturated heterocycles. The van der Waals surface area contributed by atoms with Crippen LogP contribution < -0.4 is 5.32 Å². The predicted molar refractivity (Wildman–Crippen MR) is 114 cm³/mol. The minimum Gasteiger partial charge on any atom is -0.467 e. The molecule has 1 fully saturated rings. The van der Waals surface area contributed by atoms with Crippen molar-refractivity contribution >= 4 is 38.4 Å². The second-order valence-corrected chi connectivity index (χ2v) is 9.11. The van der Waals surface area contributed by atoms with Crippen molar-refractivity contribution in [2.75, 3.05) is 25.6 Å². The van der Waals surface area contributed by atoms with Crippen LogP contribution in [0.4, 0.5) is 11.4 Å². The van der Waals surface area contributed by atoms with E-state index >= 15 is 0 Å². The van der Waals surface area contributed by atoms with Gasteiger partial charge in [-0.1, -0.05) is 18.2 Å². The molecule has 1 aliphatic rings. The zero-order valence-corrected chi connectivity index (χ0v) is 17.9. The summed E-state index contributed by atoms with van der Waals surface area (Å²) < 4.78 is 37.6. The van der Waals surface area contributed by atoms with Crippen molar-refractivity contribution in [1.29, 1.82) is 0 Å². The average Bonchev–Trinajstić information content (AvgIpc) is 3.25. The lowest BCUT2D eigenvalue weighted by Gasteiger charge is -2.35. The number of fused-ring (bicyclic) bond motifs is 1. The average molecular weight is 460 g/mol. The van der Waals surface area contributed by atoms with Crippen molar-refractivity contribution in [3.05, 3.63) is 58.9 Å². The molecule has 4 rings (SSSR count). The van der Waals surface area contributed by atoms with Gasteiger partial charge >= 0.3 is 11.7 Å². The molecule has 11 nitrogen and oxygen atoms in total. The first-order valence-electron chi connectivity index (χ1n) is 9.69. The van der Waals surface area contributed by atoms with Crippen molar-refractivity contribution in [3.8, 4) is 0 Å². The Hall–Kier alpha value is -3.51. The molecule has 0 spiro atoms. The number of nitrogens with one attached hydrogen (secondary N) is 1. The molecule has 0 radical (unpaired) electrons. The number of carbonyl (C=O) groups excluding carboxylic acids is 1. The molecule has 3 aromatic rings. The maximum Gasteiger partial charge on any atom is 0.333 e. The quantitative estimate of drug-likeness (QED) is 0.333. The molecule has 0 saturated carbocycles. The number of benzene rings is 1. The Balaban J connectivity index is 1.90. The molecule has 0 amide bonds. The lowest BCUT2D eigenvalue weighted by atomic mass is 9.91. The molecule has 3 heterocycles. The van der Waals surface area contributed by atoms with Crippen LogP contribution in [0.1, 0.15) is 12.8 Å². The molecule has 1 aromatic carbocycles. The van der Waals surface area contributed by atoms with Gasteiger partial charge in [-0.05, 0) is 31.0 Å². The highest BCUT2D eigenvalue weighted by molar-refractivity contribution is 7.90. The third kappa shape index (κ3) is 3.56. The van der Waals surface area contributed by atoms with E-state index in [9.17, 15) is 23.3 Å². The van der Waals surface area contributed by atoms with Crippen LogP contribution in [-0.4, -0.2) is 54.1 Å². The number of anilines is 1. The number of ether oxygens (including phenoxy) is 2. The second kappa shape index (κ2) is 8.20. The van der Waals surface area contributed by atoms with Crippen molar-refractivity contribution in [3.63, 3.8) is 0 Å². The van der Waals surface area contributed by atoms with Crippen molar-refractivity contribution < 1.29 is 27.6 Å². The first kappa shape index (κ1) is 21.7. The lowest BCUT2D eigenvalue weighted by Crippen LogP contribution is -2.53. The molecule has 2 aromatic heterocycles. The molecule has 168 valence electrons. The Morgan fingerprint density at radius 2 is 2.06 bits per heavy atom. The summed E-state index contributed by atoms with van der Waals surface area (Å²) in [5, 5.41) is 14.9. The van der Waals surface area contributed by atoms with Gasteiger partial charge < -0.3 is 14.8 Å². The van der Waals surface area contributed by atoms with Crippen molar-refractivity contribution in [1.82, 2.24) is 8.96 Å². The molecule has 1 unspecified atom stereocenters. The van der Waals surface area contributed by atoms with Gasteiger partial charge in [-0.2, -0.15) is 0 Å². The Morgan fingerprint density at radius 3 is 2.69 bits per heavy atom. The number of nitro groups is 1. The van der Waals surface area contributed by atoms with E-state index in [2.05, 4.69) is 10.3 Å². The molecule has 0 aliphatic carbocycles. The Morgan fingerprint density at radius 1 is 1.31 bits per heavy atom. The van der Waals surface area contributed by atoms with E-state index in [0.717, 1.165) is 10.2 Å². The van der Waals surface area contributed by atoms with Crippen LogP contribution in [0.5, 0.6) is 0 Å². The minimum atomic E-state index is -4.00. The predicted octanol–water partition coefficient (Wildman–Crippen LogP) is 2.32. The summed E-state index contributed by atoms with van der Waals surface area (Å²) in [6.45, 7) is 0.392. The van der Waals surface area contributed by atoms with Gasteiger partial charge in [0.25, 0.3) is 10.0 Å². The largest absolute Gasteiger partial charge is 0.467 e. The SMILES string of the molecule is COC(=O)C1(Nc2c([N+](=O)[O-])cnc3c2ccn3S(=O)(=O)c2ccccc2)CCCOC1. The maximum atomic E-state index is 13.1. The van der Waals surface area contributed by atoms with E-state index in [-0.39, 0.29) is 28.2 Å². The zero-order valence-electron chi connectivity index (χ0n) is 17.1. The summed E-state index contributed by atoms with van der Waals surface area (Å²) in [7, 11) is -2.78. The third-order valence-corrected chi connectivity index (χ3v) is 7.02. The maximum absolute atomic E-state index is 13.1. The van der Waals surface area contributed by atoms with Crippen LogP contribution in [0.15, 0.2) is 53.7 Å². The molecule has 32 heavy (non-hydrogen) atoms. The molecule has 12 heteroatoms. The van der Waals surface area contributed by atoms with Gasteiger partial charge in [-0.15, -0.1) is 0 Å². The summed E-state index contributed by atoms with van der Waals surface area (Å²) in [6, 6.07) is 9.16. The summed E-state index contributed by atoms with van der Waals surface area (Å²) in [5.41, 5.74) is -1.80. The van der Waals surface area contributed by atoms with Crippen LogP contribution in [0.2, 0.25) is 0 Å².